The van der Waals surface area contributed by atoms with Crippen molar-refractivity contribution >= 4 is 0 Å². The fourth-order valence-corrected chi connectivity index (χ4v) is 2.65. The third-order valence-electron chi connectivity index (χ3n) is 3.77. The lowest BCUT2D eigenvalue weighted by Crippen LogP contribution is -2.36. The summed E-state index contributed by atoms with van der Waals surface area (Å²) in [5.41, 5.74) is 1.03. The molecule has 5 heteroatoms. The molecular weight excluding hydrogens is 242 g/mol. The summed E-state index contributed by atoms with van der Waals surface area (Å²) in [5.74, 6) is 0. The van der Waals surface area contributed by atoms with Gasteiger partial charge in [-0.2, -0.15) is 5.10 Å². The average molecular weight is 267 g/mol. The molecule has 2 N–H and O–H groups in total. The lowest BCUT2D eigenvalue weighted by molar-refractivity contribution is 0.128. The van der Waals surface area contributed by atoms with Gasteiger partial charge in [-0.05, 0) is 18.9 Å². The van der Waals surface area contributed by atoms with E-state index in [9.17, 15) is 5.11 Å². The Labute approximate surface area is 115 Å². The van der Waals surface area contributed by atoms with E-state index < -0.39 is 0 Å². The number of hydrogen-bond acceptors (Lipinski definition) is 4. The number of nitrogens with one attached hydrogen (secondary N) is 1. The van der Waals surface area contributed by atoms with Crippen LogP contribution in [0.3, 0.4) is 0 Å². The summed E-state index contributed by atoms with van der Waals surface area (Å²) in [6.07, 6.45) is 8.57. The molecule has 1 aromatic rings. The van der Waals surface area contributed by atoms with Gasteiger partial charge in [0.1, 0.15) is 0 Å². The number of methoxy groups -OCH3 is 1. The molecule has 108 valence electrons. The largest absolute Gasteiger partial charge is 0.395 e. The molecule has 1 aliphatic carbocycles. The third-order valence-corrected chi connectivity index (χ3v) is 3.77. The molecule has 5 nitrogen and oxygen atoms in total. The maximum Gasteiger partial charge on any atom is 0.0762 e. The molecule has 19 heavy (non-hydrogen) atoms. The number of nitrogens with zero attached hydrogens (tertiary/aromatic N) is 2. The minimum Gasteiger partial charge on any atom is -0.395 e. The Morgan fingerprint density at radius 2 is 2.26 bits per heavy atom. The summed E-state index contributed by atoms with van der Waals surface area (Å²) in [5, 5.41) is 17.1. The molecule has 1 heterocycles. The Balaban J connectivity index is 1.82. The van der Waals surface area contributed by atoms with Crippen LogP contribution in [0.5, 0.6) is 0 Å². The predicted octanol–water partition coefficient (Wildman–Crippen LogP) is 1.49. The van der Waals surface area contributed by atoms with Crippen LogP contribution in [-0.2, 0) is 11.3 Å². The van der Waals surface area contributed by atoms with E-state index in [4.69, 9.17) is 4.74 Å². The molecule has 0 spiro atoms. The van der Waals surface area contributed by atoms with Crippen molar-refractivity contribution in [3.8, 4) is 0 Å². The van der Waals surface area contributed by atoms with E-state index in [0.29, 0.717) is 19.2 Å². The maximum atomic E-state index is 9.18. The van der Waals surface area contributed by atoms with E-state index in [-0.39, 0.29) is 12.6 Å². The summed E-state index contributed by atoms with van der Waals surface area (Å²) >= 11 is 0. The van der Waals surface area contributed by atoms with Crippen LogP contribution in [-0.4, -0.2) is 41.3 Å². The molecule has 0 amide bonds. The van der Waals surface area contributed by atoms with Crippen molar-refractivity contribution in [2.75, 3.05) is 20.3 Å². The lowest BCUT2D eigenvalue weighted by atomic mass is 9.96. The van der Waals surface area contributed by atoms with E-state index in [0.717, 1.165) is 5.69 Å². The highest BCUT2D eigenvalue weighted by molar-refractivity contribution is 5.00. The molecule has 1 atom stereocenters. The molecule has 1 aromatic heterocycles. The van der Waals surface area contributed by atoms with Crippen molar-refractivity contribution in [1.29, 1.82) is 0 Å². The van der Waals surface area contributed by atoms with Crippen LogP contribution in [0, 0.1) is 0 Å². The van der Waals surface area contributed by atoms with Crippen molar-refractivity contribution in [3.63, 3.8) is 0 Å². The quantitative estimate of drug-likeness (QED) is 0.786. The zero-order valence-corrected chi connectivity index (χ0v) is 11.7. The normalized spacial score (nSPS) is 18.6. The van der Waals surface area contributed by atoms with E-state index in [1.807, 2.05) is 0 Å². The zero-order chi connectivity index (χ0) is 13.5. The maximum absolute atomic E-state index is 9.18. The van der Waals surface area contributed by atoms with Gasteiger partial charge in [-0.3, -0.25) is 4.68 Å². The lowest BCUT2D eigenvalue weighted by Gasteiger charge is -2.21. The summed E-state index contributed by atoms with van der Waals surface area (Å²) in [7, 11) is 1.64. The monoisotopic (exact) mass is 267 g/mol. The third kappa shape index (κ3) is 4.30. The highest BCUT2D eigenvalue weighted by atomic mass is 16.5. The zero-order valence-electron chi connectivity index (χ0n) is 11.7. The second kappa shape index (κ2) is 7.62. The molecule has 1 fully saturated rings. The van der Waals surface area contributed by atoms with Gasteiger partial charge in [0.05, 0.1) is 31.0 Å². The molecule has 2 rings (SSSR count). The highest BCUT2D eigenvalue weighted by Crippen LogP contribution is 2.27. The fourth-order valence-electron chi connectivity index (χ4n) is 2.65. The first-order chi connectivity index (χ1) is 9.33. The standard InChI is InChI=1S/C14H25N3O2/c1-19-11-13(10-18)15-9-12-7-8-17(16-12)14-5-3-2-4-6-14/h7-8,13-15,18H,2-6,9-11H2,1H3. The average Bonchev–Trinajstić information content (AvgIpc) is 2.93. The Kier molecular flexibility index (Phi) is 5.82. The molecule has 1 saturated carbocycles. The number of aliphatic hydroxyl groups excluding tert-OH is 1. The number of aliphatic hydroxyl groups is 1. The molecule has 0 bridgehead atoms. The van der Waals surface area contributed by atoms with E-state index in [1.54, 1.807) is 7.11 Å². The SMILES string of the molecule is COCC(CO)NCc1ccn(C2CCCCC2)n1. The molecule has 0 aromatic carbocycles. The van der Waals surface area contributed by atoms with E-state index >= 15 is 0 Å². The summed E-state index contributed by atoms with van der Waals surface area (Å²) in [6, 6.07) is 2.61. The number of ether oxygens (including phenoxy) is 1. The van der Waals surface area contributed by atoms with Crippen LogP contribution in [0.1, 0.15) is 43.8 Å². The highest BCUT2D eigenvalue weighted by Gasteiger charge is 2.16. The summed E-state index contributed by atoms with van der Waals surface area (Å²) in [6.45, 7) is 1.27. The van der Waals surface area contributed by atoms with Crippen LogP contribution in [0.15, 0.2) is 12.3 Å². The van der Waals surface area contributed by atoms with Crippen LogP contribution in [0.2, 0.25) is 0 Å². The fraction of sp³-hybridized carbons (Fsp3) is 0.786. The second-order valence-electron chi connectivity index (χ2n) is 5.29. The van der Waals surface area contributed by atoms with Crippen LogP contribution < -0.4 is 5.32 Å². The van der Waals surface area contributed by atoms with Crippen LogP contribution >= 0.6 is 0 Å². The molecule has 1 aliphatic rings. The van der Waals surface area contributed by atoms with Crippen molar-refractivity contribution in [1.82, 2.24) is 15.1 Å². The minimum atomic E-state index is -0.0233. The first-order valence-electron chi connectivity index (χ1n) is 7.20. The van der Waals surface area contributed by atoms with Crippen molar-refractivity contribution in [2.45, 2.75) is 50.7 Å². The summed E-state index contributed by atoms with van der Waals surface area (Å²) in [4.78, 5) is 0. The summed E-state index contributed by atoms with van der Waals surface area (Å²) < 4.78 is 7.15. The molecule has 1 unspecified atom stereocenters. The number of aromatic nitrogens is 2. The Hall–Kier alpha value is -0.910. The van der Waals surface area contributed by atoms with Gasteiger partial charge in [-0.1, -0.05) is 19.3 Å². The Morgan fingerprint density at radius 1 is 1.47 bits per heavy atom. The Bertz CT molecular complexity index is 361. The predicted molar refractivity (Wildman–Crippen MR) is 73.9 cm³/mol. The minimum absolute atomic E-state index is 0.0233. The van der Waals surface area contributed by atoms with Gasteiger partial charge in [0.2, 0.25) is 0 Å². The van der Waals surface area contributed by atoms with E-state index in [1.165, 1.54) is 32.1 Å². The topological polar surface area (TPSA) is 59.3 Å². The van der Waals surface area contributed by atoms with Gasteiger partial charge in [-0.25, -0.2) is 0 Å². The van der Waals surface area contributed by atoms with Gasteiger partial charge < -0.3 is 15.2 Å². The van der Waals surface area contributed by atoms with Gasteiger partial charge in [-0.15, -0.1) is 0 Å². The molecule has 0 saturated heterocycles. The van der Waals surface area contributed by atoms with Gasteiger partial charge in [0.15, 0.2) is 0 Å². The van der Waals surface area contributed by atoms with Gasteiger partial charge in [0, 0.05) is 19.9 Å². The number of hydrogen-bond donors (Lipinski definition) is 2. The van der Waals surface area contributed by atoms with Crippen molar-refractivity contribution in [2.24, 2.45) is 0 Å². The van der Waals surface area contributed by atoms with Crippen molar-refractivity contribution in [3.05, 3.63) is 18.0 Å². The number of rotatable bonds is 7. The molecule has 0 aliphatic heterocycles. The first-order valence-corrected chi connectivity index (χ1v) is 7.20. The van der Waals surface area contributed by atoms with Gasteiger partial charge >= 0.3 is 0 Å². The smallest absolute Gasteiger partial charge is 0.0762 e. The molecular formula is C14H25N3O2. The first kappa shape index (κ1) is 14.5. The molecule has 0 radical (unpaired) electrons. The van der Waals surface area contributed by atoms with Gasteiger partial charge in [0.25, 0.3) is 0 Å². The second-order valence-corrected chi connectivity index (χ2v) is 5.29. The van der Waals surface area contributed by atoms with Crippen LogP contribution in [0.25, 0.3) is 0 Å². The van der Waals surface area contributed by atoms with Crippen LogP contribution in [0.4, 0.5) is 0 Å². The van der Waals surface area contributed by atoms with E-state index in [2.05, 4.69) is 27.4 Å². The van der Waals surface area contributed by atoms with Crippen molar-refractivity contribution < 1.29 is 9.84 Å². The Morgan fingerprint density at radius 3 is 2.95 bits per heavy atom.